The van der Waals surface area contributed by atoms with Crippen LogP contribution in [0.2, 0.25) is 0 Å². The Kier molecular flexibility index (Phi) is 7.51. The van der Waals surface area contributed by atoms with Crippen LogP contribution in [0.5, 0.6) is 0 Å². The van der Waals surface area contributed by atoms with Crippen LogP contribution in [0, 0.1) is 0 Å². The average Bonchev–Trinajstić information content (AvgIpc) is 2.10. The van der Waals surface area contributed by atoms with E-state index in [1.807, 2.05) is 0 Å². The second kappa shape index (κ2) is 7.56. The first-order valence-corrected chi connectivity index (χ1v) is 5.03. The molecule has 2 nitrogen and oxygen atoms in total. The molecule has 0 saturated carbocycles. The predicted molar refractivity (Wildman–Crippen MR) is 53.3 cm³/mol. The fourth-order valence-corrected chi connectivity index (χ4v) is 1.15. The molecule has 1 atom stereocenters. The van der Waals surface area contributed by atoms with Gasteiger partial charge in [0, 0.05) is 6.04 Å². The van der Waals surface area contributed by atoms with Crippen LogP contribution >= 0.6 is 0 Å². The topological polar surface area (TPSA) is 23.5 Å². The molecular formula is C10H23NO. The lowest BCUT2D eigenvalue weighted by Crippen LogP contribution is -2.32. The van der Waals surface area contributed by atoms with Gasteiger partial charge in [0.15, 0.2) is 0 Å². The van der Waals surface area contributed by atoms with E-state index in [0.29, 0.717) is 6.04 Å². The van der Waals surface area contributed by atoms with Crippen LogP contribution in [-0.2, 0) is 0 Å². The minimum absolute atomic E-state index is 0.268. The van der Waals surface area contributed by atoms with E-state index in [1.165, 1.54) is 25.7 Å². The average molecular weight is 173 g/mol. The standard InChI is InChI=1S/C10H23NO/c1-4-5-6-7-8-11(3)10(2)9-12/h10,12H,4-9H2,1-3H3. The predicted octanol–water partition coefficient (Wildman–Crippen LogP) is 1.88. The summed E-state index contributed by atoms with van der Waals surface area (Å²) < 4.78 is 0. The van der Waals surface area contributed by atoms with E-state index >= 15 is 0 Å². The number of rotatable bonds is 7. The first kappa shape index (κ1) is 11.9. The second-order valence-corrected chi connectivity index (χ2v) is 3.57. The van der Waals surface area contributed by atoms with Gasteiger partial charge in [-0.05, 0) is 26.9 Å². The zero-order chi connectivity index (χ0) is 9.40. The van der Waals surface area contributed by atoms with Gasteiger partial charge in [0.25, 0.3) is 0 Å². The first-order chi connectivity index (χ1) is 5.72. The molecule has 2 heteroatoms. The molecule has 0 radical (unpaired) electrons. The first-order valence-electron chi connectivity index (χ1n) is 5.03. The molecule has 0 amide bonds. The maximum atomic E-state index is 8.87. The molecule has 0 bridgehead atoms. The molecule has 0 heterocycles. The van der Waals surface area contributed by atoms with Crippen LogP contribution in [-0.4, -0.2) is 36.2 Å². The van der Waals surface area contributed by atoms with E-state index < -0.39 is 0 Å². The van der Waals surface area contributed by atoms with E-state index in [0.717, 1.165) is 6.54 Å². The Hall–Kier alpha value is -0.0800. The summed E-state index contributed by atoms with van der Waals surface area (Å²) in [7, 11) is 2.08. The van der Waals surface area contributed by atoms with Crippen molar-refractivity contribution in [1.29, 1.82) is 0 Å². The van der Waals surface area contributed by atoms with Crippen molar-refractivity contribution < 1.29 is 5.11 Å². The maximum absolute atomic E-state index is 8.87. The Morgan fingerprint density at radius 1 is 1.25 bits per heavy atom. The molecule has 0 saturated heterocycles. The Bertz CT molecular complexity index is 95.8. The third-order valence-corrected chi connectivity index (χ3v) is 2.38. The Morgan fingerprint density at radius 2 is 1.92 bits per heavy atom. The van der Waals surface area contributed by atoms with Crippen molar-refractivity contribution in [3.05, 3.63) is 0 Å². The van der Waals surface area contributed by atoms with Crippen molar-refractivity contribution >= 4 is 0 Å². The van der Waals surface area contributed by atoms with Crippen molar-refractivity contribution in [2.75, 3.05) is 20.2 Å². The minimum atomic E-state index is 0.268. The highest BCUT2D eigenvalue weighted by atomic mass is 16.3. The third kappa shape index (κ3) is 5.56. The minimum Gasteiger partial charge on any atom is -0.395 e. The number of nitrogens with zero attached hydrogens (tertiary/aromatic N) is 1. The van der Waals surface area contributed by atoms with Crippen LogP contribution in [0.3, 0.4) is 0 Å². The highest BCUT2D eigenvalue weighted by molar-refractivity contribution is 4.60. The number of likely N-dealkylation sites (N-methyl/N-ethyl adjacent to an activating group) is 1. The highest BCUT2D eigenvalue weighted by Crippen LogP contribution is 2.02. The van der Waals surface area contributed by atoms with Gasteiger partial charge in [0.2, 0.25) is 0 Å². The van der Waals surface area contributed by atoms with Crippen LogP contribution in [0.25, 0.3) is 0 Å². The maximum Gasteiger partial charge on any atom is 0.0584 e. The largest absolute Gasteiger partial charge is 0.395 e. The molecule has 0 aliphatic carbocycles. The van der Waals surface area contributed by atoms with Gasteiger partial charge in [-0.2, -0.15) is 0 Å². The van der Waals surface area contributed by atoms with Crippen molar-refractivity contribution in [3.63, 3.8) is 0 Å². The number of aliphatic hydroxyl groups excluding tert-OH is 1. The smallest absolute Gasteiger partial charge is 0.0584 e. The van der Waals surface area contributed by atoms with Crippen molar-refractivity contribution in [2.24, 2.45) is 0 Å². The SMILES string of the molecule is CCCCCCN(C)C(C)CO. The van der Waals surface area contributed by atoms with Gasteiger partial charge in [-0.3, -0.25) is 0 Å². The van der Waals surface area contributed by atoms with Crippen LogP contribution in [0.15, 0.2) is 0 Å². The highest BCUT2D eigenvalue weighted by Gasteiger charge is 2.05. The number of aliphatic hydroxyl groups is 1. The molecule has 74 valence electrons. The van der Waals surface area contributed by atoms with E-state index in [1.54, 1.807) is 0 Å². The summed E-state index contributed by atoms with van der Waals surface area (Å²) in [5.74, 6) is 0. The summed E-state index contributed by atoms with van der Waals surface area (Å²) in [5.41, 5.74) is 0. The van der Waals surface area contributed by atoms with Crippen LogP contribution < -0.4 is 0 Å². The molecule has 1 N–H and O–H groups in total. The fraction of sp³-hybridized carbons (Fsp3) is 1.00. The molecule has 0 aromatic carbocycles. The molecule has 0 spiro atoms. The van der Waals surface area contributed by atoms with Gasteiger partial charge in [0.05, 0.1) is 6.61 Å². The normalized spacial score (nSPS) is 13.8. The Balaban J connectivity index is 3.24. The van der Waals surface area contributed by atoms with Gasteiger partial charge in [-0.1, -0.05) is 26.2 Å². The van der Waals surface area contributed by atoms with Gasteiger partial charge in [-0.25, -0.2) is 0 Å². The van der Waals surface area contributed by atoms with Gasteiger partial charge >= 0.3 is 0 Å². The summed E-state index contributed by atoms with van der Waals surface area (Å²) in [5, 5.41) is 8.87. The fourth-order valence-electron chi connectivity index (χ4n) is 1.15. The zero-order valence-corrected chi connectivity index (χ0v) is 8.71. The van der Waals surface area contributed by atoms with Crippen molar-refractivity contribution in [3.8, 4) is 0 Å². The molecular weight excluding hydrogens is 150 g/mol. The second-order valence-electron chi connectivity index (χ2n) is 3.57. The van der Waals surface area contributed by atoms with Crippen LogP contribution in [0.4, 0.5) is 0 Å². The summed E-state index contributed by atoms with van der Waals surface area (Å²) in [6.45, 7) is 5.66. The third-order valence-electron chi connectivity index (χ3n) is 2.38. The monoisotopic (exact) mass is 173 g/mol. The van der Waals surface area contributed by atoms with Gasteiger partial charge in [0.1, 0.15) is 0 Å². The van der Waals surface area contributed by atoms with E-state index in [4.69, 9.17) is 5.11 Å². The number of hydrogen-bond acceptors (Lipinski definition) is 2. The molecule has 0 aliphatic rings. The summed E-state index contributed by atoms with van der Waals surface area (Å²) in [4.78, 5) is 2.22. The van der Waals surface area contributed by atoms with E-state index in [2.05, 4.69) is 25.8 Å². The quantitative estimate of drug-likeness (QED) is 0.594. The van der Waals surface area contributed by atoms with Crippen molar-refractivity contribution in [2.45, 2.75) is 45.6 Å². The lowest BCUT2D eigenvalue weighted by molar-refractivity contribution is 0.157. The van der Waals surface area contributed by atoms with Gasteiger partial charge in [-0.15, -0.1) is 0 Å². The van der Waals surface area contributed by atoms with E-state index in [-0.39, 0.29) is 6.61 Å². The summed E-state index contributed by atoms with van der Waals surface area (Å²) in [6, 6.07) is 0.312. The summed E-state index contributed by atoms with van der Waals surface area (Å²) in [6.07, 6.45) is 5.20. The molecule has 0 aromatic heterocycles. The lowest BCUT2D eigenvalue weighted by Gasteiger charge is -2.22. The number of hydrogen-bond donors (Lipinski definition) is 1. The lowest BCUT2D eigenvalue weighted by atomic mass is 10.2. The molecule has 0 aromatic rings. The Labute approximate surface area is 76.6 Å². The van der Waals surface area contributed by atoms with Gasteiger partial charge < -0.3 is 10.0 Å². The Morgan fingerprint density at radius 3 is 2.42 bits per heavy atom. The summed E-state index contributed by atoms with van der Waals surface area (Å²) >= 11 is 0. The molecule has 12 heavy (non-hydrogen) atoms. The molecule has 0 fully saturated rings. The molecule has 0 rings (SSSR count). The molecule has 0 aliphatic heterocycles. The molecule has 1 unspecified atom stereocenters. The zero-order valence-electron chi connectivity index (χ0n) is 8.71. The number of unbranched alkanes of at least 4 members (excludes halogenated alkanes) is 3. The van der Waals surface area contributed by atoms with Crippen LogP contribution in [0.1, 0.15) is 39.5 Å². The van der Waals surface area contributed by atoms with Crippen molar-refractivity contribution in [1.82, 2.24) is 4.90 Å². The van der Waals surface area contributed by atoms with E-state index in [9.17, 15) is 0 Å².